The number of aldehydes is 1. The van der Waals surface area contributed by atoms with Crippen LogP contribution in [0.5, 0.6) is 0 Å². The van der Waals surface area contributed by atoms with E-state index in [2.05, 4.69) is 0 Å². The minimum Gasteiger partial charge on any atom is -0.444 e. The van der Waals surface area contributed by atoms with E-state index in [1.165, 1.54) is 0 Å². The second-order valence-electron chi connectivity index (χ2n) is 4.80. The van der Waals surface area contributed by atoms with Crippen LogP contribution in [0.2, 0.25) is 0 Å². The summed E-state index contributed by atoms with van der Waals surface area (Å²) >= 11 is 0. The van der Waals surface area contributed by atoms with Crippen molar-refractivity contribution in [3.8, 4) is 0 Å². The van der Waals surface area contributed by atoms with Crippen LogP contribution >= 0.6 is 0 Å². The first-order valence-corrected chi connectivity index (χ1v) is 5.45. The molecule has 0 aromatic heterocycles. The Hall–Kier alpha value is -1.10. The van der Waals surface area contributed by atoms with Crippen molar-refractivity contribution in [2.75, 3.05) is 19.8 Å². The Morgan fingerprint density at radius 2 is 2.25 bits per heavy atom. The summed E-state index contributed by atoms with van der Waals surface area (Å²) in [6.45, 7) is 6.83. The number of hydrogen-bond acceptors (Lipinski definition) is 4. The lowest BCUT2D eigenvalue weighted by molar-refractivity contribution is -0.110. The van der Waals surface area contributed by atoms with Crippen LogP contribution < -0.4 is 0 Å². The molecule has 0 saturated carbocycles. The highest BCUT2D eigenvalue weighted by atomic mass is 16.6. The summed E-state index contributed by atoms with van der Waals surface area (Å²) in [7, 11) is 0. The lowest BCUT2D eigenvalue weighted by Gasteiger charge is -2.35. The van der Waals surface area contributed by atoms with E-state index in [1.54, 1.807) is 4.90 Å². The van der Waals surface area contributed by atoms with Crippen molar-refractivity contribution in [1.82, 2.24) is 4.90 Å². The topological polar surface area (TPSA) is 55.8 Å². The number of rotatable bonds is 2. The Morgan fingerprint density at radius 1 is 1.56 bits per heavy atom. The summed E-state index contributed by atoms with van der Waals surface area (Å²) in [5, 5.41) is 0. The molecule has 1 atom stereocenters. The molecule has 0 N–H and O–H groups in total. The molecular formula is C11H19NO4. The molecule has 0 radical (unpaired) electrons. The van der Waals surface area contributed by atoms with Gasteiger partial charge in [0.15, 0.2) is 0 Å². The summed E-state index contributed by atoms with van der Waals surface area (Å²) < 4.78 is 10.5. The first-order chi connectivity index (χ1) is 7.44. The van der Waals surface area contributed by atoms with Gasteiger partial charge in [-0.25, -0.2) is 4.79 Å². The van der Waals surface area contributed by atoms with Gasteiger partial charge in [0.05, 0.1) is 19.3 Å². The molecule has 1 fully saturated rings. The molecule has 1 heterocycles. The van der Waals surface area contributed by atoms with Crippen LogP contribution in [0.25, 0.3) is 0 Å². The van der Waals surface area contributed by atoms with Gasteiger partial charge in [0, 0.05) is 13.0 Å². The van der Waals surface area contributed by atoms with Crippen molar-refractivity contribution < 1.29 is 19.1 Å². The largest absolute Gasteiger partial charge is 0.444 e. The Balaban J connectivity index is 2.60. The van der Waals surface area contributed by atoms with Gasteiger partial charge in [-0.05, 0) is 20.8 Å². The molecule has 0 aromatic carbocycles. The van der Waals surface area contributed by atoms with Crippen molar-refractivity contribution >= 4 is 12.4 Å². The molecule has 16 heavy (non-hydrogen) atoms. The first-order valence-electron chi connectivity index (χ1n) is 5.45. The first kappa shape index (κ1) is 13.0. The molecule has 1 aliphatic heterocycles. The molecule has 1 amide bonds. The maximum Gasteiger partial charge on any atom is 0.410 e. The summed E-state index contributed by atoms with van der Waals surface area (Å²) in [5.74, 6) is 0. The molecule has 1 unspecified atom stereocenters. The predicted molar refractivity (Wildman–Crippen MR) is 58.2 cm³/mol. The number of morpholine rings is 1. The van der Waals surface area contributed by atoms with Gasteiger partial charge < -0.3 is 19.2 Å². The van der Waals surface area contributed by atoms with E-state index < -0.39 is 5.60 Å². The number of ether oxygens (including phenoxy) is 2. The van der Waals surface area contributed by atoms with Crippen LogP contribution in [0.3, 0.4) is 0 Å². The lowest BCUT2D eigenvalue weighted by atomic mass is 10.2. The van der Waals surface area contributed by atoms with Gasteiger partial charge in [0.25, 0.3) is 0 Å². The second kappa shape index (κ2) is 5.30. The third-order valence-electron chi connectivity index (χ3n) is 2.22. The van der Waals surface area contributed by atoms with E-state index in [0.29, 0.717) is 26.2 Å². The molecule has 5 heteroatoms. The summed E-state index contributed by atoms with van der Waals surface area (Å²) in [6, 6.07) is -0.193. The third-order valence-corrected chi connectivity index (χ3v) is 2.22. The van der Waals surface area contributed by atoms with Gasteiger partial charge in [0.1, 0.15) is 11.9 Å². The van der Waals surface area contributed by atoms with Crippen LogP contribution in [0.4, 0.5) is 4.79 Å². The zero-order chi connectivity index (χ0) is 12.2. The van der Waals surface area contributed by atoms with E-state index in [1.807, 2.05) is 20.8 Å². The van der Waals surface area contributed by atoms with Gasteiger partial charge >= 0.3 is 6.09 Å². The van der Waals surface area contributed by atoms with Crippen molar-refractivity contribution in [2.24, 2.45) is 0 Å². The molecule has 0 aromatic rings. The zero-order valence-electron chi connectivity index (χ0n) is 10.1. The Morgan fingerprint density at radius 3 is 2.81 bits per heavy atom. The summed E-state index contributed by atoms with van der Waals surface area (Å²) in [6.07, 6.45) is 0.721. The van der Waals surface area contributed by atoms with Crippen LogP contribution in [0, 0.1) is 0 Å². The van der Waals surface area contributed by atoms with Crippen LogP contribution in [0.15, 0.2) is 0 Å². The van der Waals surface area contributed by atoms with Crippen LogP contribution in [-0.4, -0.2) is 48.7 Å². The number of nitrogens with zero attached hydrogens (tertiary/aromatic N) is 1. The fourth-order valence-electron chi connectivity index (χ4n) is 1.52. The maximum absolute atomic E-state index is 11.8. The fourth-order valence-corrected chi connectivity index (χ4v) is 1.52. The third kappa shape index (κ3) is 3.81. The number of carbonyl (C=O) groups excluding carboxylic acids is 2. The minimum absolute atomic E-state index is 0.193. The highest BCUT2D eigenvalue weighted by Gasteiger charge is 2.30. The lowest BCUT2D eigenvalue weighted by Crippen LogP contribution is -2.50. The molecule has 1 rings (SSSR count). The monoisotopic (exact) mass is 229 g/mol. The predicted octanol–water partition coefficient (Wildman–Crippen LogP) is 1.21. The van der Waals surface area contributed by atoms with Crippen molar-refractivity contribution in [1.29, 1.82) is 0 Å². The molecule has 92 valence electrons. The Kier molecular flexibility index (Phi) is 4.29. The summed E-state index contributed by atoms with van der Waals surface area (Å²) in [4.78, 5) is 23.9. The fraction of sp³-hybridized carbons (Fsp3) is 0.818. The van der Waals surface area contributed by atoms with Gasteiger partial charge in [-0.1, -0.05) is 0 Å². The van der Waals surface area contributed by atoms with Crippen LogP contribution in [0.1, 0.15) is 27.2 Å². The average molecular weight is 229 g/mol. The van der Waals surface area contributed by atoms with E-state index in [9.17, 15) is 9.59 Å². The second-order valence-corrected chi connectivity index (χ2v) is 4.80. The molecular weight excluding hydrogens is 210 g/mol. The van der Waals surface area contributed by atoms with E-state index in [4.69, 9.17) is 9.47 Å². The van der Waals surface area contributed by atoms with Crippen molar-refractivity contribution in [3.05, 3.63) is 0 Å². The van der Waals surface area contributed by atoms with Gasteiger partial charge in [-0.3, -0.25) is 0 Å². The summed E-state index contributed by atoms with van der Waals surface area (Å²) in [5.41, 5.74) is -0.513. The molecule has 5 nitrogen and oxygen atoms in total. The highest BCUT2D eigenvalue weighted by Crippen LogP contribution is 2.15. The average Bonchev–Trinajstić information content (AvgIpc) is 2.16. The SMILES string of the molecule is CC(C)(C)OC(=O)N1CCOCC1CC=O. The Bertz CT molecular complexity index is 259. The minimum atomic E-state index is -0.513. The number of carbonyl (C=O) groups is 2. The smallest absolute Gasteiger partial charge is 0.410 e. The van der Waals surface area contributed by atoms with E-state index >= 15 is 0 Å². The molecule has 0 bridgehead atoms. The van der Waals surface area contributed by atoms with Gasteiger partial charge in [-0.15, -0.1) is 0 Å². The van der Waals surface area contributed by atoms with Gasteiger partial charge in [-0.2, -0.15) is 0 Å². The molecule has 1 aliphatic rings. The number of hydrogen-bond donors (Lipinski definition) is 0. The normalized spacial score (nSPS) is 21.7. The van der Waals surface area contributed by atoms with E-state index in [0.717, 1.165) is 6.29 Å². The van der Waals surface area contributed by atoms with Crippen molar-refractivity contribution in [3.63, 3.8) is 0 Å². The number of amides is 1. The van der Waals surface area contributed by atoms with E-state index in [-0.39, 0.29) is 12.1 Å². The highest BCUT2D eigenvalue weighted by molar-refractivity contribution is 5.69. The molecule has 0 spiro atoms. The Labute approximate surface area is 95.7 Å². The maximum atomic E-state index is 11.8. The van der Waals surface area contributed by atoms with Crippen molar-refractivity contribution in [2.45, 2.75) is 38.8 Å². The zero-order valence-corrected chi connectivity index (χ0v) is 10.1. The van der Waals surface area contributed by atoms with Gasteiger partial charge in [0.2, 0.25) is 0 Å². The molecule has 0 aliphatic carbocycles. The molecule has 1 saturated heterocycles. The van der Waals surface area contributed by atoms with Crippen LogP contribution in [-0.2, 0) is 14.3 Å². The quantitative estimate of drug-likeness (QED) is 0.668. The standard InChI is InChI=1S/C11H19NO4/c1-11(2,3)16-10(14)12-5-7-15-8-9(12)4-6-13/h6,9H,4-5,7-8H2,1-3H3.